The molecule has 0 aliphatic heterocycles. The normalized spacial score (nSPS) is 13.9. The SMILES string of the molecule is CCN(CCS(=O)(=O)CC(=O)O)C(C)c1cccc(C(F)(F)F)c1. The number of alkyl halides is 3. The number of hydrogen-bond donors (Lipinski definition) is 1. The summed E-state index contributed by atoms with van der Waals surface area (Å²) >= 11 is 0. The lowest BCUT2D eigenvalue weighted by Gasteiger charge is -2.28. The van der Waals surface area contributed by atoms with Crippen molar-refractivity contribution in [3.8, 4) is 0 Å². The van der Waals surface area contributed by atoms with Crippen LogP contribution in [0.5, 0.6) is 0 Å². The highest BCUT2D eigenvalue weighted by atomic mass is 32.2. The minimum absolute atomic E-state index is 0.0452. The first-order valence-corrected chi connectivity index (χ1v) is 9.12. The molecule has 0 aliphatic rings. The molecule has 9 heteroatoms. The van der Waals surface area contributed by atoms with Crippen LogP contribution < -0.4 is 0 Å². The van der Waals surface area contributed by atoms with Gasteiger partial charge >= 0.3 is 12.1 Å². The van der Waals surface area contributed by atoms with Crippen LogP contribution in [-0.2, 0) is 20.8 Å². The van der Waals surface area contributed by atoms with Gasteiger partial charge in [-0.3, -0.25) is 9.69 Å². The van der Waals surface area contributed by atoms with E-state index in [1.807, 2.05) is 0 Å². The van der Waals surface area contributed by atoms with Crippen LogP contribution in [0.3, 0.4) is 0 Å². The van der Waals surface area contributed by atoms with Gasteiger partial charge in [-0.15, -0.1) is 0 Å². The molecule has 0 saturated carbocycles. The Morgan fingerprint density at radius 1 is 1.33 bits per heavy atom. The summed E-state index contributed by atoms with van der Waals surface area (Å²) in [5.41, 5.74) is -0.344. The van der Waals surface area contributed by atoms with Crippen molar-refractivity contribution in [2.24, 2.45) is 0 Å². The monoisotopic (exact) mass is 367 g/mol. The fourth-order valence-corrected chi connectivity index (χ4v) is 3.36. The van der Waals surface area contributed by atoms with Gasteiger partial charge in [0.15, 0.2) is 9.84 Å². The third kappa shape index (κ3) is 6.12. The molecule has 1 aromatic rings. The minimum Gasteiger partial charge on any atom is -0.480 e. The van der Waals surface area contributed by atoms with Gasteiger partial charge < -0.3 is 5.11 Å². The van der Waals surface area contributed by atoms with E-state index in [-0.39, 0.29) is 12.3 Å². The first-order valence-electron chi connectivity index (χ1n) is 7.29. The Kier molecular flexibility index (Phi) is 6.79. The van der Waals surface area contributed by atoms with E-state index in [1.54, 1.807) is 24.8 Å². The van der Waals surface area contributed by atoms with Gasteiger partial charge in [-0.2, -0.15) is 13.2 Å². The van der Waals surface area contributed by atoms with Gasteiger partial charge in [-0.25, -0.2) is 8.42 Å². The molecule has 1 unspecified atom stereocenters. The molecule has 1 rings (SSSR count). The van der Waals surface area contributed by atoms with Crippen LogP contribution in [0.15, 0.2) is 24.3 Å². The van der Waals surface area contributed by atoms with E-state index in [1.165, 1.54) is 6.07 Å². The molecule has 0 fully saturated rings. The number of carbonyl (C=O) groups is 1. The third-order valence-corrected chi connectivity index (χ3v) is 5.17. The molecule has 0 aliphatic carbocycles. The van der Waals surface area contributed by atoms with Gasteiger partial charge in [-0.05, 0) is 31.2 Å². The van der Waals surface area contributed by atoms with Crippen molar-refractivity contribution in [2.45, 2.75) is 26.1 Å². The van der Waals surface area contributed by atoms with E-state index >= 15 is 0 Å². The average Bonchev–Trinajstić information content (AvgIpc) is 2.45. The Morgan fingerprint density at radius 3 is 2.46 bits per heavy atom. The number of aliphatic carboxylic acids is 1. The molecule has 0 amide bonds. The Bertz CT molecular complexity index is 674. The number of carboxylic acids is 1. The Hall–Kier alpha value is -1.61. The average molecular weight is 367 g/mol. The zero-order chi connectivity index (χ0) is 18.5. The van der Waals surface area contributed by atoms with E-state index in [9.17, 15) is 26.4 Å². The van der Waals surface area contributed by atoms with Gasteiger partial charge in [-0.1, -0.05) is 19.1 Å². The van der Waals surface area contributed by atoms with Crippen LogP contribution >= 0.6 is 0 Å². The number of rotatable bonds is 8. The van der Waals surface area contributed by atoms with E-state index < -0.39 is 39.3 Å². The molecular weight excluding hydrogens is 347 g/mol. The number of carboxylic acid groups (broad SMARTS) is 1. The lowest BCUT2D eigenvalue weighted by Crippen LogP contribution is -2.33. The van der Waals surface area contributed by atoms with Crippen molar-refractivity contribution in [1.29, 1.82) is 0 Å². The summed E-state index contributed by atoms with van der Waals surface area (Å²) in [6.07, 6.45) is -4.45. The summed E-state index contributed by atoms with van der Waals surface area (Å²) in [6.45, 7) is 3.90. The van der Waals surface area contributed by atoms with Crippen molar-refractivity contribution in [2.75, 3.05) is 24.6 Å². The number of sulfone groups is 1. The molecule has 1 atom stereocenters. The molecule has 0 aromatic heterocycles. The smallest absolute Gasteiger partial charge is 0.416 e. The molecule has 0 saturated heterocycles. The highest BCUT2D eigenvalue weighted by molar-refractivity contribution is 7.92. The fraction of sp³-hybridized carbons (Fsp3) is 0.533. The predicted octanol–water partition coefficient (Wildman–Crippen LogP) is 2.59. The van der Waals surface area contributed by atoms with Crippen molar-refractivity contribution in [3.63, 3.8) is 0 Å². The number of benzene rings is 1. The van der Waals surface area contributed by atoms with E-state index in [0.29, 0.717) is 12.1 Å². The van der Waals surface area contributed by atoms with Gasteiger partial charge in [0.25, 0.3) is 0 Å². The maximum absolute atomic E-state index is 12.8. The first kappa shape index (κ1) is 20.4. The fourth-order valence-electron chi connectivity index (χ4n) is 2.33. The largest absolute Gasteiger partial charge is 0.480 e. The Balaban J connectivity index is 2.87. The van der Waals surface area contributed by atoms with Crippen molar-refractivity contribution in [3.05, 3.63) is 35.4 Å². The Morgan fingerprint density at radius 2 is 1.96 bits per heavy atom. The van der Waals surface area contributed by atoms with E-state index in [0.717, 1.165) is 12.1 Å². The van der Waals surface area contributed by atoms with E-state index in [2.05, 4.69) is 0 Å². The maximum Gasteiger partial charge on any atom is 0.416 e. The highest BCUT2D eigenvalue weighted by Gasteiger charge is 2.31. The molecule has 24 heavy (non-hydrogen) atoms. The van der Waals surface area contributed by atoms with Gasteiger partial charge in [0.2, 0.25) is 0 Å². The number of nitrogens with zero attached hydrogens (tertiary/aromatic N) is 1. The third-order valence-electron chi connectivity index (χ3n) is 3.68. The lowest BCUT2D eigenvalue weighted by molar-refractivity contribution is -0.137. The molecule has 1 aromatic carbocycles. The van der Waals surface area contributed by atoms with Crippen LogP contribution in [0.25, 0.3) is 0 Å². The van der Waals surface area contributed by atoms with E-state index in [4.69, 9.17) is 5.11 Å². The summed E-state index contributed by atoms with van der Waals surface area (Å²) in [5, 5.41) is 8.57. The van der Waals surface area contributed by atoms with Gasteiger partial charge in [0.05, 0.1) is 11.3 Å². The van der Waals surface area contributed by atoms with Gasteiger partial charge in [0.1, 0.15) is 5.75 Å². The number of hydrogen-bond acceptors (Lipinski definition) is 4. The quantitative estimate of drug-likeness (QED) is 0.764. The van der Waals surface area contributed by atoms with Crippen molar-refractivity contribution >= 4 is 15.8 Å². The standard InChI is InChI=1S/C15H20F3NO4S/c1-3-19(7-8-24(22,23)10-14(20)21)11(2)12-5-4-6-13(9-12)15(16,17)18/h4-6,9,11H,3,7-8,10H2,1-2H3,(H,20,21). The first-order chi connectivity index (χ1) is 11.0. The topological polar surface area (TPSA) is 74.7 Å². The van der Waals surface area contributed by atoms with Crippen LogP contribution in [0, 0.1) is 0 Å². The summed E-state index contributed by atoms with van der Waals surface area (Å²) in [6, 6.07) is 4.44. The minimum atomic E-state index is -4.45. The predicted molar refractivity (Wildman–Crippen MR) is 83.4 cm³/mol. The molecule has 5 nitrogen and oxygen atoms in total. The highest BCUT2D eigenvalue weighted by Crippen LogP contribution is 2.31. The number of halogens is 3. The molecule has 0 radical (unpaired) electrons. The molecule has 0 bridgehead atoms. The molecule has 0 heterocycles. The second kappa shape index (κ2) is 7.98. The van der Waals surface area contributed by atoms with Crippen LogP contribution in [0.2, 0.25) is 0 Å². The summed E-state index contributed by atoms with van der Waals surface area (Å²) in [7, 11) is -3.75. The molecule has 136 valence electrons. The lowest BCUT2D eigenvalue weighted by atomic mass is 10.0. The van der Waals surface area contributed by atoms with Crippen LogP contribution in [-0.4, -0.2) is 49.0 Å². The van der Waals surface area contributed by atoms with Crippen LogP contribution in [0.4, 0.5) is 13.2 Å². The molecule has 1 N–H and O–H groups in total. The van der Waals surface area contributed by atoms with Crippen molar-refractivity contribution < 1.29 is 31.5 Å². The second-order valence-electron chi connectivity index (χ2n) is 5.41. The summed E-state index contributed by atoms with van der Waals surface area (Å²) in [4.78, 5) is 12.2. The summed E-state index contributed by atoms with van der Waals surface area (Å²) < 4.78 is 61.7. The summed E-state index contributed by atoms with van der Waals surface area (Å²) in [5.74, 6) is -2.75. The zero-order valence-electron chi connectivity index (χ0n) is 13.4. The molecule has 0 spiro atoms. The van der Waals surface area contributed by atoms with Crippen molar-refractivity contribution in [1.82, 2.24) is 4.90 Å². The second-order valence-corrected chi connectivity index (χ2v) is 7.60. The molecular formula is C15H20F3NO4S. The van der Waals surface area contributed by atoms with Gasteiger partial charge in [0, 0.05) is 12.6 Å². The zero-order valence-corrected chi connectivity index (χ0v) is 14.2. The van der Waals surface area contributed by atoms with Crippen LogP contribution in [0.1, 0.15) is 31.0 Å². The Labute approximate surface area is 139 Å². The maximum atomic E-state index is 12.8.